The number of nitrogens with zero attached hydrogens (tertiary/aromatic N) is 5. The number of piperidine rings is 1. The van der Waals surface area contributed by atoms with Crippen LogP contribution in [-0.4, -0.2) is 76.0 Å². The van der Waals surface area contributed by atoms with Crippen LogP contribution in [0, 0.1) is 5.92 Å². The van der Waals surface area contributed by atoms with E-state index in [2.05, 4.69) is 84.6 Å². The third-order valence-corrected chi connectivity index (χ3v) is 7.69. The Kier molecular flexibility index (Phi) is 7.32. The predicted octanol–water partition coefficient (Wildman–Crippen LogP) is 4.55. The largest absolute Gasteiger partial charge is 0.340 e. The quantitative estimate of drug-likeness (QED) is 0.475. The standard InChI is InChI=1S/C27H34BrN5O/c1-2-13-30-15-17-32(18-16-30)27(34)21-6-5-14-31(19-21)20-26-29-24-7-3-4-8-25(24)33(26)23-11-9-22(28)10-12-23/h3-4,7-12,21H,2,5-6,13-20H2,1H3/t21-/m1/s1. The maximum Gasteiger partial charge on any atom is 0.227 e. The second kappa shape index (κ2) is 10.6. The zero-order valence-corrected chi connectivity index (χ0v) is 21.6. The number of amides is 1. The minimum atomic E-state index is 0.0944. The number of carbonyl (C=O) groups is 1. The molecule has 3 heterocycles. The van der Waals surface area contributed by atoms with Crippen molar-refractivity contribution < 1.29 is 4.79 Å². The van der Waals surface area contributed by atoms with E-state index in [-0.39, 0.29) is 5.92 Å². The molecule has 3 aromatic rings. The van der Waals surface area contributed by atoms with E-state index in [9.17, 15) is 4.79 Å². The van der Waals surface area contributed by atoms with E-state index in [0.29, 0.717) is 5.91 Å². The van der Waals surface area contributed by atoms with Gasteiger partial charge in [-0.15, -0.1) is 0 Å². The van der Waals surface area contributed by atoms with Crippen molar-refractivity contribution in [3.63, 3.8) is 0 Å². The minimum Gasteiger partial charge on any atom is -0.340 e. The van der Waals surface area contributed by atoms with Gasteiger partial charge in [-0.2, -0.15) is 0 Å². The summed E-state index contributed by atoms with van der Waals surface area (Å²) >= 11 is 3.55. The van der Waals surface area contributed by atoms with Gasteiger partial charge in [0.1, 0.15) is 5.82 Å². The first kappa shape index (κ1) is 23.5. The second-order valence-corrected chi connectivity index (χ2v) is 10.5. The van der Waals surface area contributed by atoms with Crippen molar-refractivity contribution in [3.05, 3.63) is 58.8 Å². The maximum absolute atomic E-state index is 13.3. The molecule has 0 radical (unpaired) electrons. The number of piperazine rings is 1. The molecule has 0 bridgehead atoms. The highest BCUT2D eigenvalue weighted by Crippen LogP contribution is 2.26. The molecular formula is C27H34BrN5O. The van der Waals surface area contributed by atoms with Crippen LogP contribution >= 0.6 is 15.9 Å². The topological polar surface area (TPSA) is 44.6 Å². The molecule has 6 nitrogen and oxygen atoms in total. The third kappa shape index (κ3) is 5.07. The normalized spacial score (nSPS) is 20.2. The number of likely N-dealkylation sites (tertiary alicyclic amines) is 1. The molecule has 2 aliphatic rings. The van der Waals surface area contributed by atoms with Crippen LogP contribution in [0.4, 0.5) is 0 Å². The lowest BCUT2D eigenvalue weighted by Gasteiger charge is -2.39. The van der Waals surface area contributed by atoms with E-state index in [1.165, 1.54) is 6.42 Å². The maximum atomic E-state index is 13.3. The molecule has 0 N–H and O–H groups in total. The number of carbonyl (C=O) groups excluding carboxylic acids is 1. The highest BCUT2D eigenvalue weighted by atomic mass is 79.9. The first-order valence-electron chi connectivity index (χ1n) is 12.6. The van der Waals surface area contributed by atoms with Gasteiger partial charge >= 0.3 is 0 Å². The lowest BCUT2D eigenvalue weighted by Crippen LogP contribution is -2.52. The summed E-state index contributed by atoms with van der Waals surface area (Å²) in [6.45, 7) is 9.69. The number of fused-ring (bicyclic) bond motifs is 1. The lowest BCUT2D eigenvalue weighted by atomic mass is 9.96. The van der Waals surface area contributed by atoms with Gasteiger partial charge in [-0.25, -0.2) is 4.98 Å². The molecule has 2 aliphatic heterocycles. The third-order valence-electron chi connectivity index (χ3n) is 7.16. The fourth-order valence-electron chi connectivity index (χ4n) is 5.43. The number of aromatic nitrogens is 2. The minimum absolute atomic E-state index is 0.0944. The van der Waals surface area contributed by atoms with Crippen LogP contribution in [0.1, 0.15) is 32.0 Å². The highest BCUT2D eigenvalue weighted by molar-refractivity contribution is 9.10. The van der Waals surface area contributed by atoms with Crippen LogP contribution in [0.3, 0.4) is 0 Å². The van der Waals surface area contributed by atoms with Crippen LogP contribution in [0.25, 0.3) is 16.7 Å². The molecule has 0 aliphatic carbocycles. The van der Waals surface area contributed by atoms with Gasteiger partial charge in [0.05, 0.1) is 23.5 Å². The number of para-hydroxylation sites is 2. The molecule has 5 rings (SSSR count). The molecule has 1 amide bonds. The van der Waals surface area contributed by atoms with Gasteiger partial charge in [-0.3, -0.25) is 19.2 Å². The van der Waals surface area contributed by atoms with Crippen molar-refractivity contribution in [1.29, 1.82) is 0 Å². The summed E-state index contributed by atoms with van der Waals surface area (Å²) < 4.78 is 3.33. The molecule has 2 saturated heterocycles. The van der Waals surface area contributed by atoms with Gasteiger partial charge in [0.25, 0.3) is 0 Å². The first-order valence-corrected chi connectivity index (χ1v) is 13.4. The monoisotopic (exact) mass is 523 g/mol. The van der Waals surface area contributed by atoms with Crippen LogP contribution < -0.4 is 0 Å². The predicted molar refractivity (Wildman–Crippen MR) is 140 cm³/mol. The average Bonchev–Trinajstić information content (AvgIpc) is 3.23. The van der Waals surface area contributed by atoms with Gasteiger partial charge in [-0.05, 0) is 68.8 Å². The molecule has 34 heavy (non-hydrogen) atoms. The van der Waals surface area contributed by atoms with Crippen molar-refractivity contribution in [2.45, 2.75) is 32.7 Å². The Bertz CT molecular complexity index is 1120. The van der Waals surface area contributed by atoms with Crippen LogP contribution in [0.5, 0.6) is 0 Å². The summed E-state index contributed by atoms with van der Waals surface area (Å²) in [4.78, 5) is 25.3. The van der Waals surface area contributed by atoms with Gasteiger partial charge < -0.3 is 4.90 Å². The van der Waals surface area contributed by atoms with Gasteiger partial charge in [0.15, 0.2) is 0 Å². The van der Waals surface area contributed by atoms with Crippen molar-refractivity contribution in [3.8, 4) is 5.69 Å². The van der Waals surface area contributed by atoms with E-state index in [1.807, 2.05) is 6.07 Å². The number of halogens is 1. The lowest BCUT2D eigenvalue weighted by molar-refractivity contribution is -0.139. The Morgan fingerprint density at radius 3 is 2.53 bits per heavy atom. The van der Waals surface area contributed by atoms with Crippen molar-refractivity contribution in [2.24, 2.45) is 5.92 Å². The Morgan fingerprint density at radius 1 is 1.00 bits per heavy atom. The van der Waals surface area contributed by atoms with E-state index < -0.39 is 0 Å². The highest BCUT2D eigenvalue weighted by Gasteiger charge is 2.31. The Labute approximate surface area is 210 Å². The molecule has 7 heteroatoms. The zero-order chi connectivity index (χ0) is 23.5. The van der Waals surface area contributed by atoms with E-state index >= 15 is 0 Å². The summed E-state index contributed by atoms with van der Waals surface area (Å²) in [5.41, 5.74) is 3.24. The van der Waals surface area contributed by atoms with Gasteiger partial charge in [0, 0.05) is 42.9 Å². The van der Waals surface area contributed by atoms with Gasteiger partial charge in [-0.1, -0.05) is 35.0 Å². The number of hydrogen-bond donors (Lipinski definition) is 0. The summed E-state index contributed by atoms with van der Waals surface area (Å²) in [6, 6.07) is 16.7. The average molecular weight is 525 g/mol. The van der Waals surface area contributed by atoms with Crippen LogP contribution in [-0.2, 0) is 11.3 Å². The molecule has 2 aromatic carbocycles. The zero-order valence-electron chi connectivity index (χ0n) is 20.0. The Hall–Kier alpha value is -2.22. The van der Waals surface area contributed by atoms with Crippen molar-refractivity contribution in [2.75, 3.05) is 45.8 Å². The SMILES string of the molecule is CCCN1CCN(C(=O)[C@@H]2CCCN(Cc3nc4ccccc4n3-c3ccc(Br)cc3)C2)CC1. The smallest absolute Gasteiger partial charge is 0.227 e. The number of benzene rings is 2. The fourth-order valence-corrected chi connectivity index (χ4v) is 5.69. The number of hydrogen-bond acceptors (Lipinski definition) is 4. The van der Waals surface area contributed by atoms with E-state index in [0.717, 1.165) is 92.2 Å². The summed E-state index contributed by atoms with van der Waals surface area (Å²) in [6.07, 6.45) is 3.23. The van der Waals surface area contributed by atoms with Crippen molar-refractivity contribution in [1.82, 2.24) is 24.3 Å². The van der Waals surface area contributed by atoms with Gasteiger partial charge in [0.2, 0.25) is 5.91 Å². The number of imidazole rings is 1. The molecule has 0 spiro atoms. The second-order valence-electron chi connectivity index (χ2n) is 9.57. The van der Waals surface area contributed by atoms with E-state index in [1.54, 1.807) is 0 Å². The van der Waals surface area contributed by atoms with E-state index in [4.69, 9.17) is 4.98 Å². The van der Waals surface area contributed by atoms with Crippen LogP contribution in [0.2, 0.25) is 0 Å². The first-order chi connectivity index (χ1) is 16.6. The Balaban J connectivity index is 1.31. The Morgan fingerprint density at radius 2 is 1.76 bits per heavy atom. The summed E-state index contributed by atoms with van der Waals surface area (Å²) in [5.74, 6) is 1.48. The molecule has 0 unspecified atom stereocenters. The molecule has 180 valence electrons. The molecule has 1 aromatic heterocycles. The van der Waals surface area contributed by atoms with Crippen LogP contribution in [0.15, 0.2) is 53.0 Å². The molecule has 2 fully saturated rings. The molecule has 1 atom stereocenters. The van der Waals surface area contributed by atoms with Crippen molar-refractivity contribution >= 4 is 32.9 Å². The fraction of sp³-hybridized carbons (Fsp3) is 0.481. The summed E-state index contributed by atoms with van der Waals surface area (Å²) in [7, 11) is 0. The summed E-state index contributed by atoms with van der Waals surface area (Å²) in [5, 5.41) is 0. The molecular weight excluding hydrogens is 490 g/mol. The number of rotatable bonds is 6. The molecule has 0 saturated carbocycles.